The van der Waals surface area contributed by atoms with E-state index in [0.717, 1.165) is 17.1 Å². The molecule has 65 heavy (non-hydrogen) atoms. The maximum absolute atomic E-state index is 2.41. The highest BCUT2D eigenvalue weighted by atomic mass is 15.1. The molecule has 0 amide bonds. The summed E-state index contributed by atoms with van der Waals surface area (Å²) in [5.74, 6) is 0. The standard InChI is InChI=1S/C64H43N/c1-5-21-44(22-6-1)51-42-39-47(43-60(51)45-23-7-2-8-24-45)62-54-31-15-19-35-58(54)64(59-36-20-16-32-55(59)62)63-56-33-17-13-29-52(56)61(53-30-14-18-34-57(53)63)46-37-40-50(41-38-46)65(48-25-9-3-10-26-48)49-27-11-4-12-28-49/h1-43H. The molecule has 0 saturated carbocycles. The van der Waals surface area contributed by atoms with Gasteiger partial charge in [0.1, 0.15) is 0 Å². The Bertz CT molecular complexity index is 3520. The van der Waals surface area contributed by atoms with Gasteiger partial charge >= 0.3 is 0 Å². The Hall–Kier alpha value is -8.52. The van der Waals surface area contributed by atoms with Gasteiger partial charge in [-0.15, -0.1) is 0 Å². The first-order valence-corrected chi connectivity index (χ1v) is 22.4. The molecule has 0 aliphatic rings. The molecule has 0 bridgehead atoms. The van der Waals surface area contributed by atoms with Crippen molar-refractivity contribution in [1.29, 1.82) is 0 Å². The Kier molecular flexibility index (Phi) is 9.58. The van der Waals surface area contributed by atoms with Gasteiger partial charge in [0.05, 0.1) is 0 Å². The van der Waals surface area contributed by atoms with Crippen LogP contribution in [0.15, 0.2) is 261 Å². The summed E-state index contributed by atoms with van der Waals surface area (Å²) >= 11 is 0. The lowest BCUT2D eigenvalue weighted by Gasteiger charge is -2.26. The summed E-state index contributed by atoms with van der Waals surface area (Å²) in [7, 11) is 0. The van der Waals surface area contributed by atoms with Crippen LogP contribution in [0.3, 0.4) is 0 Å². The Morgan fingerprint density at radius 1 is 0.185 bits per heavy atom. The van der Waals surface area contributed by atoms with Crippen LogP contribution in [0.1, 0.15) is 0 Å². The summed E-state index contributed by atoms with van der Waals surface area (Å²) in [5.41, 5.74) is 15.6. The van der Waals surface area contributed by atoms with E-state index in [2.05, 4.69) is 266 Å². The fourth-order valence-corrected chi connectivity index (χ4v) is 10.2. The average molecular weight is 826 g/mol. The zero-order valence-electron chi connectivity index (χ0n) is 35.8. The molecule has 0 aliphatic carbocycles. The van der Waals surface area contributed by atoms with Crippen LogP contribution < -0.4 is 4.90 Å². The molecule has 12 rings (SSSR count). The molecule has 1 nitrogen and oxygen atoms in total. The molecule has 0 atom stereocenters. The second-order valence-corrected chi connectivity index (χ2v) is 16.7. The molecule has 0 spiro atoms. The first kappa shape index (κ1) is 38.2. The Morgan fingerprint density at radius 2 is 0.477 bits per heavy atom. The number of nitrogens with zero attached hydrogens (tertiary/aromatic N) is 1. The topological polar surface area (TPSA) is 3.24 Å². The molecule has 1 heteroatoms. The van der Waals surface area contributed by atoms with Gasteiger partial charge in [-0.2, -0.15) is 0 Å². The van der Waals surface area contributed by atoms with Gasteiger partial charge in [-0.05, 0) is 141 Å². The van der Waals surface area contributed by atoms with E-state index in [-0.39, 0.29) is 0 Å². The minimum atomic E-state index is 1.11. The lowest BCUT2D eigenvalue weighted by Crippen LogP contribution is -2.09. The van der Waals surface area contributed by atoms with Crippen molar-refractivity contribution in [2.24, 2.45) is 0 Å². The number of hydrogen-bond acceptors (Lipinski definition) is 1. The number of rotatable bonds is 8. The van der Waals surface area contributed by atoms with E-state index in [0.29, 0.717) is 0 Å². The van der Waals surface area contributed by atoms with Crippen molar-refractivity contribution in [1.82, 2.24) is 0 Å². The molecule has 304 valence electrons. The van der Waals surface area contributed by atoms with Crippen molar-refractivity contribution in [3.63, 3.8) is 0 Å². The summed E-state index contributed by atoms with van der Waals surface area (Å²) in [6, 6.07) is 95.1. The summed E-state index contributed by atoms with van der Waals surface area (Å²) in [6.45, 7) is 0. The second-order valence-electron chi connectivity index (χ2n) is 16.7. The summed E-state index contributed by atoms with van der Waals surface area (Å²) < 4.78 is 0. The zero-order valence-corrected chi connectivity index (χ0v) is 35.8. The largest absolute Gasteiger partial charge is 0.311 e. The normalized spacial score (nSPS) is 11.4. The maximum Gasteiger partial charge on any atom is 0.0462 e. The zero-order chi connectivity index (χ0) is 43.1. The Labute approximate surface area is 379 Å². The maximum atomic E-state index is 2.41. The smallest absolute Gasteiger partial charge is 0.0462 e. The van der Waals surface area contributed by atoms with Gasteiger partial charge < -0.3 is 4.90 Å². The predicted octanol–water partition coefficient (Wildman–Crippen LogP) is 18.1. The molecular formula is C64H43N. The molecule has 0 fully saturated rings. The monoisotopic (exact) mass is 825 g/mol. The van der Waals surface area contributed by atoms with E-state index < -0.39 is 0 Å². The highest BCUT2D eigenvalue weighted by Gasteiger charge is 2.23. The fraction of sp³-hybridized carbons (Fsp3) is 0. The molecule has 12 aromatic rings. The van der Waals surface area contributed by atoms with E-state index in [4.69, 9.17) is 0 Å². The van der Waals surface area contributed by atoms with Crippen LogP contribution in [0.4, 0.5) is 17.1 Å². The first-order valence-electron chi connectivity index (χ1n) is 22.4. The van der Waals surface area contributed by atoms with Gasteiger partial charge in [0, 0.05) is 17.1 Å². The first-order chi connectivity index (χ1) is 32.3. The molecule has 0 aliphatic heterocycles. The lowest BCUT2D eigenvalue weighted by atomic mass is 9.80. The van der Waals surface area contributed by atoms with Crippen LogP contribution in [0.25, 0.3) is 98.7 Å². The van der Waals surface area contributed by atoms with Crippen LogP contribution in [-0.2, 0) is 0 Å². The van der Waals surface area contributed by atoms with Crippen molar-refractivity contribution in [3.8, 4) is 55.6 Å². The van der Waals surface area contributed by atoms with Crippen LogP contribution >= 0.6 is 0 Å². The highest BCUT2D eigenvalue weighted by Crippen LogP contribution is 2.51. The third kappa shape index (κ3) is 6.65. The quantitative estimate of drug-likeness (QED) is 0.138. The van der Waals surface area contributed by atoms with Crippen molar-refractivity contribution in [2.75, 3.05) is 4.90 Å². The predicted molar refractivity (Wildman–Crippen MR) is 278 cm³/mol. The molecule has 0 radical (unpaired) electrons. The van der Waals surface area contributed by atoms with E-state index in [1.807, 2.05) is 0 Å². The number of hydrogen-bond donors (Lipinski definition) is 0. The van der Waals surface area contributed by atoms with Gasteiger partial charge in [0.15, 0.2) is 0 Å². The summed E-state index contributed by atoms with van der Waals surface area (Å²) in [5, 5.41) is 9.90. The second kappa shape index (κ2) is 16.3. The number of fused-ring (bicyclic) bond motifs is 4. The van der Waals surface area contributed by atoms with Gasteiger partial charge in [-0.3, -0.25) is 0 Å². The van der Waals surface area contributed by atoms with Crippen LogP contribution in [0.5, 0.6) is 0 Å². The van der Waals surface area contributed by atoms with Crippen molar-refractivity contribution in [2.45, 2.75) is 0 Å². The van der Waals surface area contributed by atoms with E-state index in [1.54, 1.807) is 0 Å². The third-order valence-corrected chi connectivity index (χ3v) is 13.0. The third-order valence-electron chi connectivity index (χ3n) is 13.0. The van der Waals surface area contributed by atoms with Crippen molar-refractivity contribution >= 4 is 60.2 Å². The van der Waals surface area contributed by atoms with Crippen molar-refractivity contribution < 1.29 is 0 Å². The van der Waals surface area contributed by atoms with Gasteiger partial charge in [0.2, 0.25) is 0 Å². The molecular weight excluding hydrogens is 783 g/mol. The number of para-hydroxylation sites is 2. The van der Waals surface area contributed by atoms with Crippen molar-refractivity contribution in [3.05, 3.63) is 261 Å². The lowest BCUT2D eigenvalue weighted by molar-refractivity contribution is 1.28. The van der Waals surface area contributed by atoms with E-state index in [9.17, 15) is 0 Å². The van der Waals surface area contributed by atoms with Crippen LogP contribution in [-0.4, -0.2) is 0 Å². The van der Waals surface area contributed by atoms with E-state index >= 15 is 0 Å². The summed E-state index contributed by atoms with van der Waals surface area (Å²) in [6.07, 6.45) is 0. The van der Waals surface area contributed by atoms with Crippen LogP contribution in [0.2, 0.25) is 0 Å². The number of anilines is 3. The summed E-state index contributed by atoms with van der Waals surface area (Å²) in [4.78, 5) is 2.32. The van der Waals surface area contributed by atoms with Crippen LogP contribution in [0, 0.1) is 0 Å². The molecule has 0 heterocycles. The minimum absolute atomic E-state index is 1.11. The molecule has 12 aromatic carbocycles. The minimum Gasteiger partial charge on any atom is -0.311 e. The Morgan fingerprint density at radius 3 is 0.877 bits per heavy atom. The molecule has 0 aromatic heterocycles. The fourth-order valence-electron chi connectivity index (χ4n) is 10.2. The number of benzene rings is 12. The highest BCUT2D eigenvalue weighted by molar-refractivity contribution is 6.30. The SMILES string of the molecule is c1ccc(-c2ccc(-c3c4ccccc4c(-c4c5ccccc5c(-c5ccc(N(c6ccccc6)c6ccccc6)cc5)c5ccccc45)c4ccccc34)cc2-c2ccccc2)cc1. The van der Waals surface area contributed by atoms with E-state index in [1.165, 1.54) is 98.7 Å². The Balaban J connectivity index is 1.08. The van der Waals surface area contributed by atoms with Gasteiger partial charge in [0.25, 0.3) is 0 Å². The van der Waals surface area contributed by atoms with Gasteiger partial charge in [-0.1, -0.05) is 218 Å². The molecule has 0 unspecified atom stereocenters. The molecule has 0 N–H and O–H groups in total. The molecule has 0 saturated heterocycles. The average Bonchev–Trinajstić information content (AvgIpc) is 3.39. The van der Waals surface area contributed by atoms with Gasteiger partial charge in [-0.25, -0.2) is 0 Å².